The molecule has 3 N–H and O–H groups in total. The second-order valence-corrected chi connectivity index (χ2v) is 5.66. The van der Waals surface area contributed by atoms with E-state index in [9.17, 15) is 0 Å². The molecule has 0 spiro atoms. The van der Waals surface area contributed by atoms with Gasteiger partial charge in [0.25, 0.3) is 0 Å². The SMILES string of the molecule is COc1cccc(NC(N)=NCCOc2ccccc2C(C)C)c1.I. The Morgan fingerprint density at radius 1 is 1.16 bits per heavy atom. The molecule has 5 nitrogen and oxygen atoms in total. The lowest BCUT2D eigenvalue weighted by molar-refractivity contribution is 0.324. The topological polar surface area (TPSA) is 68.9 Å². The van der Waals surface area contributed by atoms with Crippen LogP contribution in [-0.2, 0) is 0 Å². The molecule has 0 atom stereocenters. The summed E-state index contributed by atoms with van der Waals surface area (Å²) in [5, 5.41) is 3.04. The van der Waals surface area contributed by atoms with Crippen LogP contribution in [-0.4, -0.2) is 26.2 Å². The number of ether oxygens (including phenoxy) is 2. The number of hydrogen-bond acceptors (Lipinski definition) is 3. The molecule has 0 radical (unpaired) electrons. The standard InChI is InChI=1S/C19H25N3O2.HI/c1-14(2)17-9-4-5-10-18(17)24-12-11-21-19(20)22-15-7-6-8-16(13-15)23-3;/h4-10,13-14H,11-12H2,1-3H3,(H3,20,21,22);1H. The average Bonchev–Trinajstić information content (AvgIpc) is 2.59. The van der Waals surface area contributed by atoms with E-state index in [0.717, 1.165) is 17.2 Å². The quantitative estimate of drug-likeness (QED) is 0.284. The maximum Gasteiger partial charge on any atom is 0.193 e. The van der Waals surface area contributed by atoms with E-state index in [-0.39, 0.29) is 24.0 Å². The summed E-state index contributed by atoms with van der Waals surface area (Å²) in [6.07, 6.45) is 0. The van der Waals surface area contributed by atoms with Gasteiger partial charge in [0.15, 0.2) is 5.96 Å². The van der Waals surface area contributed by atoms with Crippen molar-refractivity contribution in [2.45, 2.75) is 19.8 Å². The highest BCUT2D eigenvalue weighted by Crippen LogP contribution is 2.25. The molecule has 2 aromatic carbocycles. The number of halogens is 1. The van der Waals surface area contributed by atoms with E-state index in [1.165, 1.54) is 5.56 Å². The molecule has 2 aromatic rings. The molecule has 0 bridgehead atoms. The first-order valence-electron chi connectivity index (χ1n) is 8.03. The molecular formula is C19H26IN3O2. The van der Waals surface area contributed by atoms with Crippen molar-refractivity contribution in [2.24, 2.45) is 10.7 Å². The van der Waals surface area contributed by atoms with Crippen molar-refractivity contribution in [3.05, 3.63) is 54.1 Å². The Morgan fingerprint density at radius 2 is 1.92 bits per heavy atom. The third-order valence-electron chi connectivity index (χ3n) is 3.51. The summed E-state index contributed by atoms with van der Waals surface area (Å²) in [6.45, 7) is 5.26. The number of methoxy groups -OCH3 is 1. The van der Waals surface area contributed by atoms with Crippen LogP contribution in [0.25, 0.3) is 0 Å². The number of para-hydroxylation sites is 1. The molecule has 6 heteroatoms. The molecule has 0 aliphatic carbocycles. The number of nitrogens with one attached hydrogen (secondary N) is 1. The zero-order valence-corrected chi connectivity index (χ0v) is 17.2. The van der Waals surface area contributed by atoms with Gasteiger partial charge in [0.2, 0.25) is 0 Å². The molecule has 0 heterocycles. The van der Waals surface area contributed by atoms with Gasteiger partial charge in [-0.05, 0) is 29.7 Å². The number of hydrogen-bond donors (Lipinski definition) is 2. The van der Waals surface area contributed by atoms with E-state index in [4.69, 9.17) is 15.2 Å². The molecule has 0 fully saturated rings. The van der Waals surface area contributed by atoms with Gasteiger partial charge in [0.05, 0.1) is 13.7 Å². The maximum absolute atomic E-state index is 5.90. The average molecular weight is 455 g/mol. The number of nitrogens with zero attached hydrogens (tertiary/aromatic N) is 1. The van der Waals surface area contributed by atoms with E-state index in [1.807, 2.05) is 42.5 Å². The van der Waals surface area contributed by atoms with Gasteiger partial charge in [-0.3, -0.25) is 0 Å². The van der Waals surface area contributed by atoms with Gasteiger partial charge >= 0.3 is 0 Å². The van der Waals surface area contributed by atoms with Crippen molar-refractivity contribution >= 4 is 35.6 Å². The molecule has 0 aliphatic heterocycles. The minimum atomic E-state index is 0. The molecule has 0 unspecified atom stereocenters. The van der Waals surface area contributed by atoms with E-state index >= 15 is 0 Å². The van der Waals surface area contributed by atoms with Crippen LogP contribution in [0, 0.1) is 0 Å². The van der Waals surface area contributed by atoms with Crippen molar-refractivity contribution in [1.29, 1.82) is 0 Å². The van der Waals surface area contributed by atoms with E-state index in [1.54, 1.807) is 7.11 Å². The van der Waals surface area contributed by atoms with Crippen molar-refractivity contribution in [1.82, 2.24) is 0 Å². The highest BCUT2D eigenvalue weighted by Gasteiger charge is 2.06. The van der Waals surface area contributed by atoms with Crippen LogP contribution in [0.4, 0.5) is 5.69 Å². The smallest absolute Gasteiger partial charge is 0.193 e. The van der Waals surface area contributed by atoms with Crippen molar-refractivity contribution in [2.75, 3.05) is 25.6 Å². The second kappa shape index (κ2) is 10.8. The molecule has 136 valence electrons. The lowest BCUT2D eigenvalue weighted by atomic mass is 10.0. The Hall–Kier alpha value is -1.96. The highest BCUT2D eigenvalue weighted by atomic mass is 127. The molecule has 25 heavy (non-hydrogen) atoms. The van der Waals surface area contributed by atoms with Crippen LogP contribution in [0.15, 0.2) is 53.5 Å². The van der Waals surface area contributed by atoms with E-state index in [2.05, 4.69) is 30.2 Å². The minimum absolute atomic E-state index is 0. The van der Waals surface area contributed by atoms with E-state index in [0.29, 0.717) is 25.0 Å². The number of rotatable bonds is 7. The van der Waals surface area contributed by atoms with Gasteiger partial charge < -0.3 is 20.5 Å². The Labute approximate surface area is 166 Å². The van der Waals surface area contributed by atoms with Gasteiger partial charge in [-0.25, -0.2) is 4.99 Å². The lowest BCUT2D eigenvalue weighted by Crippen LogP contribution is -2.23. The second-order valence-electron chi connectivity index (χ2n) is 5.66. The largest absolute Gasteiger partial charge is 0.497 e. The summed E-state index contributed by atoms with van der Waals surface area (Å²) in [7, 11) is 1.63. The Kier molecular flexibility index (Phi) is 9.12. The first-order chi connectivity index (χ1) is 11.6. The summed E-state index contributed by atoms with van der Waals surface area (Å²) < 4.78 is 11.0. The molecular weight excluding hydrogens is 429 g/mol. The molecule has 2 rings (SSSR count). The minimum Gasteiger partial charge on any atom is -0.497 e. The van der Waals surface area contributed by atoms with Crippen LogP contribution in [0.3, 0.4) is 0 Å². The molecule has 0 saturated heterocycles. The van der Waals surface area contributed by atoms with Crippen LogP contribution in [0.2, 0.25) is 0 Å². The van der Waals surface area contributed by atoms with Crippen molar-refractivity contribution < 1.29 is 9.47 Å². The van der Waals surface area contributed by atoms with Gasteiger partial charge in [-0.2, -0.15) is 0 Å². The van der Waals surface area contributed by atoms with Crippen molar-refractivity contribution in [3.8, 4) is 11.5 Å². The maximum atomic E-state index is 5.90. The first-order valence-corrected chi connectivity index (χ1v) is 8.03. The summed E-state index contributed by atoms with van der Waals surface area (Å²) in [5.41, 5.74) is 7.93. The van der Waals surface area contributed by atoms with E-state index < -0.39 is 0 Å². The van der Waals surface area contributed by atoms with Crippen LogP contribution >= 0.6 is 24.0 Å². The summed E-state index contributed by atoms with van der Waals surface area (Å²) in [6, 6.07) is 15.6. The number of guanidine groups is 1. The van der Waals surface area contributed by atoms with Gasteiger partial charge in [0.1, 0.15) is 18.1 Å². The lowest BCUT2D eigenvalue weighted by Gasteiger charge is -2.13. The van der Waals surface area contributed by atoms with Gasteiger partial charge in [-0.1, -0.05) is 38.1 Å². The van der Waals surface area contributed by atoms with Crippen LogP contribution in [0.5, 0.6) is 11.5 Å². The molecule has 0 saturated carbocycles. The highest BCUT2D eigenvalue weighted by molar-refractivity contribution is 14.0. The zero-order valence-electron chi connectivity index (χ0n) is 14.9. The fourth-order valence-corrected chi connectivity index (χ4v) is 2.30. The number of aliphatic imine (C=N–C) groups is 1. The number of nitrogens with two attached hydrogens (primary N) is 1. The normalized spacial score (nSPS) is 11.0. The van der Waals surface area contributed by atoms with Crippen LogP contribution < -0.4 is 20.5 Å². The van der Waals surface area contributed by atoms with Gasteiger partial charge in [0, 0.05) is 11.8 Å². The zero-order chi connectivity index (χ0) is 17.4. The molecule has 0 amide bonds. The molecule has 0 aliphatic rings. The third-order valence-corrected chi connectivity index (χ3v) is 3.51. The summed E-state index contributed by atoms with van der Waals surface area (Å²) in [5.74, 6) is 2.44. The monoisotopic (exact) mass is 455 g/mol. The Balaban J connectivity index is 0.00000312. The Morgan fingerprint density at radius 3 is 2.64 bits per heavy atom. The summed E-state index contributed by atoms with van der Waals surface area (Å²) in [4.78, 5) is 4.28. The fourth-order valence-electron chi connectivity index (χ4n) is 2.30. The van der Waals surface area contributed by atoms with Gasteiger partial charge in [-0.15, -0.1) is 24.0 Å². The predicted molar refractivity (Wildman–Crippen MR) is 115 cm³/mol. The number of benzene rings is 2. The third kappa shape index (κ3) is 6.81. The van der Waals surface area contributed by atoms with Crippen LogP contribution in [0.1, 0.15) is 25.3 Å². The number of anilines is 1. The fraction of sp³-hybridized carbons (Fsp3) is 0.316. The predicted octanol–water partition coefficient (Wildman–Crippen LogP) is 4.24. The summed E-state index contributed by atoms with van der Waals surface area (Å²) >= 11 is 0. The first kappa shape index (κ1) is 21.1. The molecule has 0 aromatic heterocycles. The van der Waals surface area contributed by atoms with Crippen molar-refractivity contribution in [3.63, 3.8) is 0 Å². The Bertz CT molecular complexity index is 690.